The van der Waals surface area contributed by atoms with Crippen molar-refractivity contribution in [2.75, 3.05) is 32.8 Å². The molecule has 16 heavy (non-hydrogen) atoms. The summed E-state index contributed by atoms with van der Waals surface area (Å²) in [5.74, 6) is -0.411. The maximum absolute atomic E-state index is 12.2. The van der Waals surface area contributed by atoms with Gasteiger partial charge in [0.05, 0.1) is 13.2 Å². The Hall–Kier alpha value is -1.01. The van der Waals surface area contributed by atoms with Crippen LogP contribution in [0.3, 0.4) is 0 Å². The molecule has 0 aromatic heterocycles. The number of nitrogens with one attached hydrogen (secondary N) is 1. The van der Waals surface area contributed by atoms with E-state index in [4.69, 9.17) is 5.11 Å². The van der Waals surface area contributed by atoms with Gasteiger partial charge in [-0.15, -0.1) is 0 Å². The van der Waals surface area contributed by atoms with Gasteiger partial charge < -0.3 is 15.3 Å². The smallest absolute Gasteiger partial charge is 0.255 e. The number of aliphatic hydroxyl groups excluding tert-OH is 1. The molecule has 1 aliphatic rings. The fraction of sp³-hybridized carbons (Fsp3) is 0.700. The molecule has 0 aromatic carbocycles. The maximum atomic E-state index is 12.2. The van der Waals surface area contributed by atoms with Crippen molar-refractivity contribution in [3.8, 4) is 0 Å². The lowest BCUT2D eigenvalue weighted by Crippen LogP contribution is -2.41. The molecule has 1 rings (SSSR count). The van der Waals surface area contributed by atoms with Crippen LogP contribution in [-0.2, 0) is 4.79 Å². The highest BCUT2D eigenvalue weighted by molar-refractivity contribution is 5.94. The van der Waals surface area contributed by atoms with Crippen LogP contribution in [0.25, 0.3) is 0 Å². The first-order chi connectivity index (χ1) is 7.56. The maximum Gasteiger partial charge on any atom is 0.255 e. The molecule has 1 fully saturated rings. The molecule has 0 bridgehead atoms. The Balaban J connectivity index is 2.66. The summed E-state index contributed by atoms with van der Waals surface area (Å²) in [4.78, 5) is 12.8. The minimum atomic E-state index is -2.58. The zero-order valence-corrected chi connectivity index (χ0v) is 9.17. The van der Waals surface area contributed by atoms with Crippen LogP contribution in [0.2, 0.25) is 0 Å². The van der Waals surface area contributed by atoms with E-state index in [1.165, 1.54) is 0 Å². The Bertz CT molecular complexity index is 287. The highest BCUT2D eigenvalue weighted by atomic mass is 19.3. The van der Waals surface area contributed by atoms with Crippen molar-refractivity contribution in [1.29, 1.82) is 0 Å². The third kappa shape index (κ3) is 3.24. The van der Waals surface area contributed by atoms with Crippen LogP contribution >= 0.6 is 0 Å². The Morgan fingerprint density at radius 2 is 2.19 bits per heavy atom. The Labute approximate surface area is 92.9 Å². The largest absolute Gasteiger partial charge is 0.395 e. The van der Waals surface area contributed by atoms with Crippen molar-refractivity contribution >= 4 is 5.91 Å². The molecule has 0 unspecified atom stereocenters. The minimum absolute atomic E-state index is 0.0543. The number of carbonyl (C=O) groups is 1. The van der Waals surface area contributed by atoms with Crippen molar-refractivity contribution in [2.24, 2.45) is 0 Å². The molecule has 0 atom stereocenters. The van der Waals surface area contributed by atoms with Gasteiger partial charge in [-0.1, -0.05) is 0 Å². The van der Waals surface area contributed by atoms with E-state index in [1.807, 2.05) is 0 Å². The summed E-state index contributed by atoms with van der Waals surface area (Å²) in [5.41, 5.74) is 1.45. The Morgan fingerprint density at radius 1 is 1.56 bits per heavy atom. The quantitative estimate of drug-likeness (QED) is 0.658. The molecule has 6 heteroatoms. The third-order valence-corrected chi connectivity index (χ3v) is 2.54. The topological polar surface area (TPSA) is 52.6 Å². The number of nitrogens with zero attached hydrogens (tertiary/aromatic N) is 1. The second-order valence-corrected chi connectivity index (χ2v) is 3.70. The number of amides is 1. The summed E-state index contributed by atoms with van der Waals surface area (Å²) < 4.78 is 24.5. The number of rotatable bonds is 5. The van der Waals surface area contributed by atoms with Crippen molar-refractivity contribution in [3.05, 3.63) is 11.1 Å². The van der Waals surface area contributed by atoms with Gasteiger partial charge in [0, 0.05) is 25.2 Å². The zero-order valence-electron chi connectivity index (χ0n) is 9.17. The number of alkyl halides is 2. The van der Waals surface area contributed by atoms with Crippen LogP contribution in [0.4, 0.5) is 8.78 Å². The van der Waals surface area contributed by atoms with E-state index in [0.29, 0.717) is 18.7 Å². The molecule has 1 amide bonds. The SMILES string of the molecule is CC(C(=O)N(CCO)CC(F)F)=C1CNC1. The van der Waals surface area contributed by atoms with Crippen LogP contribution in [0.5, 0.6) is 0 Å². The van der Waals surface area contributed by atoms with E-state index >= 15 is 0 Å². The van der Waals surface area contributed by atoms with Crippen molar-refractivity contribution < 1.29 is 18.7 Å². The van der Waals surface area contributed by atoms with Crippen LogP contribution < -0.4 is 5.32 Å². The van der Waals surface area contributed by atoms with Gasteiger partial charge in [0.1, 0.15) is 0 Å². The number of hydrogen-bond donors (Lipinski definition) is 2. The molecule has 0 spiro atoms. The van der Waals surface area contributed by atoms with Gasteiger partial charge in [0.25, 0.3) is 6.43 Å². The second-order valence-electron chi connectivity index (χ2n) is 3.70. The van der Waals surface area contributed by atoms with E-state index in [-0.39, 0.29) is 13.2 Å². The van der Waals surface area contributed by atoms with E-state index in [1.54, 1.807) is 6.92 Å². The molecule has 1 heterocycles. The summed E-state index contributed by atoms with van der Waals surface area (Å²) in [6, 6.07) is 0. The van der Waals surface area contributed by atoms with E-state index in [0.717, 1.165) is 10.5 Å². The molecular weight excluding hydrogens is 218 g/mol. The highest BCUT2D eigenvalue weighted by Crippen LogP contribution is 2.12. The molecule has 2 N–H and O–H groups in total. The predicted molar refractivity (Wildman–Crippen MR) is 55.2 cm³/mol. The van der Waals surface area contributed by atoms with Crippen LogP contribution in [0.1, 0.15) is 6.92 Å². The monoisotopic (exact) mass is 234 g/mol. The normalized spacial score (nSPS) is 14.9. The molecular formula is C10H16F2N2O2. The molecule has 92 valence electrons. The van der Waals surface area contributed by atoms with Crippen molar-refractivity contribution in [2.45, 2.75) is 13.3 Å². The van der Waals surface area contributed by atoms with Crippen LogP contribution in [0.15, 0.2) is 11.1 Å². The van der Waals surface area contributed by atoms with Gasteiger partial charge in [0.15, 0.2) is 0 Å². The van der Waals surface area contributed by atoms with Gasteiger partial charge in [-0.05, 0) is 12.5 Å². The van der Waals surface area contributed by atoms with Crippen molar-refractivity contribution in [1.82, 2.24) is 10.2 Å². The van der Waals surface area contributed by atoms with Crippen LogP contribution in [-0.4, -0.2) is 55.1 Å². The minimum Gasteiger partial charge on any atom is -0.395 e. The lowest BCUT2D eigenvalue weighted by atomic mass is 10.0. The van der Waals surface area contributed by atoms with Gasteiger partial charge >= 0.3 is 0 Å². The van der Waals surface area contributed by atoms with Gasteiger partial charge in [-0.25, -0.2) is 8.78 Å². The number of aliphatic hydroxyl groups is 1. The number of carbonyl (C=O) groups excluding carboxylic acids is 1. The highest BCUT2D eigenvalue weighted by Gasteiger charge is 2.22. The zero-order chi connectivity index (χ0) is 12.1. The molecule has 0 aromatic rings. The first kappa shape index (κ1) is 13.1. The lowest BCUT2D eigenvalue weighted by Gasteiger charge is -2.26. The third-order valence-electron chi connectivity index (χ3n) is 2.54. The van der Waals surface area contributed by atoms with Gasteiger partial charge in [-0.2, -0.15) is 0 Å². The first-order valence-corrected chi connectivity index (χ1v) is 5.14. The molecule has 1 aliphatic heterocycles. The molecule has 1 saturated heterocycles. The summed E-state index contributed by atoms with van der Waals surface area (Å²) in [5, 5.41) is 11.7. The average Bonchev–Trinajstić information content (AvgIpc) is 2.12. The first-order valence-electron chi connectivity index (χ1n) is 5.14. The standard InChI is InChI=1S/C10H16F2N2O2/c1-7(8-4-13-5-8)10(16)14(2-3-15)6-9(11)12/h9,13,15H,2-6H2,1H3. The van der Waals surface area contributed by atoms with E-state index < -0.39 is 18.9 Å². The number of hydrogen-bond acceptors (Lipinski definition) is 3. The summed E-state index contributed by atoms with van der Waals surface area (Å²) in [6.45, 7) is 1.92. The summed E-state index contributed by atoms with van der Waals surface area (Å²) in [7, 11) is 0. The summed E-state index contributed by atoms with van der Waals surface area (Å²) >= 11 is 0. The van der Waals surface area contributed by atoms with Gasteiger partial charge in [-0.3, -0.25) is 4.79 Å². The fourth-order valence-corrected chi connectivity index (χ4v) is 1.47. The van der Waals surface area contributed by atoms with Crippen molar-refractivity contribution in [3.63, 3.8) is 0 Å². The lowest BCUT2D eigenvalue weighted by molar-refractivity contribution is -0.129. The predicted octanol–water partition coefficient (Wildman–Crippen LogP) is -0.00790. The molecule has 4 nitrogen and oxygen atoms in total. The molecule has 0 saturated carbocycles. The summed E-state index contributed by atoms with van der Waals surface area (Å²) in [6.07, 6.45) is -2.58. The fourth-order valence-electron chi connectivity index (χ4n) is 1.47. The molecule has 0 radical (unpaired) electrons. The van der Waals surface area contributed by atoms with E-state index in [2.05, 4.69) is 5.32 Å². The van der Waals surface area contributed by atoms with Gasteiger partial charge in [0.2, 0.25) is 5.91 Å². The average molecular weight is 234 g/mol. The molecule has 0 aliphatic carbocycles. The Morgan fingerprint density at radius 3 is 2.56 bits per heavy atom. The Kier molecular flexibility index (Phi) is 4.82. The van der Waals surface area contributed by atoms with E-state index in [9.17, 15) is 13.6 Å². The second kappa shape index (κ2) is 5.91. The number of halogens is 2. The van der Waals surface area contributed by atoms with Crippen LogP contribution in [0, 0.1) is 0 Å².